The highest BCUT2D eigenvalue weighted by Crippen LogP contribution is 2.48. The summed E-state index contributed by atoms with van der Waals surface area (Å²) in [6.07, 6.45) is 28.9. The molecule has 204 valence electrons. The average molecular weight is 505 g/mol. The summed E-state index contributed by atoms with van der Waals surface area (Å²) in [5.41, 5.74) is 4.62. The number of hydrogen-bond acceptors (Lipinski definition) is 2. The van der Waals surface area contributed by atoms with Crippen LogP contribution in [-0.4, -0.2) is 11.6 Å². The van der Waals surface area contributed by atoms with Crippen LogP contribution in [-0.2, 0) is 9.59 Å². The molecule has 1 saturated carbocycles. The smallest absolute Gasteiger partial charge is 0.136 e. The fourth-order valence-corrected chi connectivity index (χ4v) is 7.79. The van der Waals surface area contributed by atoms with Crippen LogP contribution in [0.5, 0.6) is 0 Å². The Kier molecular flexibility index (Phi) is 10.6. The highest BCUT2D eigenvalue weighted by atomic mass is 16.1. The number of fused-ring (bicyclic) bond motifs is 1. The van der Waals surface area contributed by atoms with Gasteiger partial charge in [-0.1, -0.05) is 101 Å². The topological polar surface area (TPSA) is 34.1 Å². The molecule has 4 aliphatic rings. The Labute approximate surface area is 227 Å². The van der Waals surface area contributed by atoms with Gasteiger partial charge in [0.1, 0.15) is 11.6 Å². The Bertz CT molecular complexity index is 916. The summed E-state index contributed by atoms with van der Waals surface area (Å²) in [5, 5.41) is 0. The van der Waals surface area contributed by atoms with Gasteiger partial charge in [0.2, 0.25) is 0 Å². The molecule has 4 aliphatic carbocycles. The van der Waals surface area contributed by atoms with Crippen LogP contribution in [0.2, 0.25) is 0 Å². The van der Waals surface area contributed by atoms with Gasteiger partial charge in [-0.2, -0.15) is 0 Å². The minimum absolute atomic E-state index is 0.0274. The van der Waals surface area contributed by atoms with Gasteiger partial charge in [-0.15, -0.1) is 0 Å². The standard InChI is InChI=1S/C35H52O2/c1-4-27-20-21-30-23-22-29-15-8-10-18-32(29)35(33(30)24-27)26(3)34(37)19-11-17-31(36)16-9-7-14-28-13-6-5-12-25(28)2/h8,10,15,20-21,25-28,32,35H,4-7,9,11-14,16-19,22-24H2,1-3H3. The summed E-state index contributed by atoms with van der Waals surface area (Å²) in [7, 11) is 0. The minimum atomic E-state index is 0.0274. The number of Topliss-reactive ketones (excluding diaryl/α,β-unsaturated/α-hetero) is 2. The molecule has 0 N–H and O–H groups in total. The van der Waals surface area contributed by atoms with E-state index < -0.39 is 0 Å². The van der Waals surface area contributed by atoms with Crippen molar-refractivity contribution in [2.75, 3.05) is 0 Å². The van der Waals surface area contributed by atoms with E-state index >= 15 is 0 Å². The van der Waals surface area contributed by atoms with Crippen molar-refractivity contribution in [3.63, 3.8) is 0 Å². The largest absolute Gasteiger partial charge is 0.300 e. The Morgan fingerprint density at radius 3 is 2.65 bits per heavy atom. The Hall–Kier alpha value is -1.70. The zero-order valence-corrected chi connectivity index (χ0v) is 24.0. The van der Waals surface area contributed by atoms with Crippen molar-refractivity contribution < 1.29 is 9.59 Å². The van der Waals surface area contributed by atoms with E-state index in [1.165, 1.54) is 44.1 Å². The van der Waals surface area contributed by atoms with E-state index in [1.54, 1.807) is 11.1 Å². The Morgan fingerprint density at radius 1 is 1.03 bits per heavy atom. The number of ketones is 2. The summed E-state index contributed by atoms with van der Waals surface area (Å²) in [6.45, 7) is 6.88. The van der Waals surface area contributed by atoms with Crippen molar-refractivity contribution in [3.8, 4) is 0 Å². The molecule has 0 radical (unpaired) electrons. The number of rotatable bonds is 12. The quantitative estimate of drug-likeness (QED) is 0.248. The van der Waals surface area contributed by atoms with Gasteiger partial charge < -0.3 is 0 Å². The predicted molar refractivity (Wildman–Crippen MR) is 155 cm³/mol. The van der Waals surface area contributed by atoms with E-state index in [0.29, 0.717) is 48.6 Å². The predicted octanol–water partition coefficient (Wildman–Crippen LogP) is 9.51. The third-order valence-corrected chi connectivity index (χ3v) is 10.3. The zero-order chi connectivity index (χ0) is 26.2. The molecular weight excluding hydrogens is 452 g/mol. The van der Waals surface area contributed by atoms with Gasteiger partial charge in [0.05, 0.1) is 0 Å². The van der Waals surface area contributed by atoms with Crippen molar-refractivity contribution in [2.24, 2.45) is 35.5 Å². The maximum atomic E-state index is 13.5. The number of allylic oxidation sites excluding steroid dienone is 8. The van der Waals surface area contributed by atoms with Crippen LogP contribution < -0.4 is 0 Å². The van der Waals surface area contributed by atoms with Crippen LogP contribution in [0.1, 0.15) is 124 Å². The SMILES string of the molecule is CCC1C=CC2=C(C1)C(C(C)C(=O)CCCC(=O)CCCCC1CCCCC1C)C1CC=CC=C1CC2. The lowest BCUT2D eigenvalue weighted by molar-refractivity contribution is -0.124. The summed E-state index contributed by atoms with van der Waals surface area (Å²) < 4.78 is 0. The molecule has 1 fully saturated rings. The molecule has 6 unspecified atom stereocenters. The first kappa shape index (κ1) is 28.3. The van der Waals surface area contributed by atoms with Gasteiger partial charge in [0.15, 0.2) is 0 Å². The van der Waals surface area contributed by atoms with Crippen molar-refractivity contribution >= 4 is 11.6 Å². The summed E-state index contributed by atoms with van der Waals surface area (Å²) in [6, 6.07) is 0. The molecule has 0 amide bonds. The lowest BCUT2D eigenvalue weighted by atomic mass is 9.67. The normalized spacial score (nSPS) is 30.2. The molecule has 37 heavy (non-hydrogen) atoms. The van der Waals surface area contributed by atoms with Gasteiger partial charge in [0.25, 0.3) is 0 Å². The molecule has 0 aromatic rings. The molecule has 0 heterocycles. The second-order valence-electron chi connectivity index (χ2n) is 12.7. The molecular formula is C35H52O2. The Balaban J connectivity index is 1.27. The highest BCUT2D eigenvalue weighted by molar-refractivity contribution is 5.83. The first-order valence-corrected chi connectivity index (χ1v) is 15.8. The van der Waals surface area contributed by atoms with Crippen molar-refractivity contribution in [2.45, 2.75) is 124 Å². The average Bonchev–Trinajstić information content (AvgIpc) is 3.08. The fourth-order valence-electron chi connectivity index (χ4n) is 7.79. The lowest BCUT2D eigenvalue weighted by Crippen LogP contribution is -2.31. The van der Waals surface area contributed by atoms with Crippen LogP contribution >= 0.6 is 0 Å². The first-order valence-electron chi connectivity index (χ1n) is 15.8. The molecule has 0 bridgehead atoms. The van der Waals surface area contributed by atoms with Crippen molar-refractivity contribution in [1.29, 1.82) is 0 Å². The molecule has 0 aliphatic heterocycles. The van der Waals surface area contributed by atoms with E-state index in [0.717, 1.165) is 56.8 Å². The van der Waals surface area contributed by atoms with E-state index in [9.17, 15) is 9.59 Å². The summed E-state index contributed by atoms with van der Waals surface area (Å²) in [4.78, 5) is 26.1. The van der Waals surface area contributed by atoms with Gasteiger partial charge in [-0.25, -0.2) is 0 Å². The summed E-state index contributed by atoms with van der Waals surface area (Å²) in [5.74, 6) is 3.90. The third-order valence-electron chi connectivity index (χ3n) is 10.3. The molecule has 0 saturated heterocycles. The van der Waals surface area contributed by atoms with Crippen LogP contribution in [0.3, 0.4) is 0 Å². The van der Waals surface area contributed by atoms with E-state index in [4.69, 9.17) is 0 Å². The molecule has 6 atom stereocenters. The van der Waals surface area contributed by atoms with Crippen LogP contribution in [0.4, 0.5) is 0 Å². The van der Waals surface area contributed by atoms with Crippen LogP contribution in [0.15, 0.2) is 47.1 Å². The molecule has 4 rings (SSSR count). The number of carbonyl (C=O) groups is 2. The monoisotopic (exact) mass is 504 g/mol. The summed E-state index contributed by atoms with van der Waals surface area (Å²) >= 11 is 0. The highest BCUT2D eigenvalue weighted by Gasteiger charge is 2.39. The van der Waals surface area contributed by atoms with Crippen LogP contribution in [0, 0.1) is 35.5 Å². The van der Waals surface area contributed by atoms with Crippen LogP contribution in [0.25, 0.3) is 0 Å². The maximum absolute atomic E-state index is 13.5. The number of hydrogen-bond donors (Lipinski definition) is 0. The zero-order valence-electron chi connectivity index (χ0n) is 24.0. The molecule has 0 aromatic heterocycles. The van der Waals surface area contributed by atoms with E-state index in [2.05, 4.69) is 51.2 Å². The molecule has 2 heteroatoms. The van der Waals surface area contributed by atoms with E-state index in [1.807, 2.05) is 0 Å². The Morgan fingerprint density at radius 2 is 1.84 bits per heavy atom. The van der Waals surface area contributed by atoms with E-state index in [-0.39, 0.29) is 5.92 Å². The van der Waals surface area contributed by atoms with Gasteiger partial charge >= 0.3 is 0 Å². The second kappa shape index (κ2) is 13.9. The molecule has 0 spiro atoms. The number of unbranched alkanes of at least 4 members (excludes halogenated alkanes) is 1. The molecule has 2 nitrogen and oxygen atoms in total. The second-order valence-corrected chi connectivity index (χ2v) is 12.7. The van der Waals surface area contributed by atoms with Gasteiger partial charge in [-0.3, -0.25) is 9.59 Å². The minimum Gasteiger partial charge on any atom is -0.300 e. The molecule has 0 aromatic carbocycles. The maximum Gasteiger partial charge on any atom is 0.136 e. The fraction of sp³-hybridized carbons (Fsp3) is 0.714. The first-order chi connectivity index (χ1) is 18.0. The van der Waals surface area contributed by atoms with Gasteiger partial charge in [0, 0.05) is 25.2 Å². The van der Waals surface area contributed by atoms with Crippen molar-refractivity contribution in [3.05, 3.63) is 47.1 Å². The van der Waals surface area contributed by atoms with Crippen molar-refractivity contribution in [1.82, 2.24) is 0 Å². The van der Waals surface area contributed by atoms with Gasteiger partial charge in [-0.05, 0) is 80.1 Å². The lowest BCUT2D eigenvalue weighted by Gasteiger charge is -2.36. The third kappa shape index (κ3) is 7.45. The number of carbonyl (C=O) groups excluding carboxylic acids is 2.